The number of imidazole rings is 1. The van der Waals surface area contributed by atoms with Crippen molar-refractivity contribution in [2.24, 2.45) is 5.92 Å². The van der Waals surface area contributed by atoms with Gasteiger partial charge in [0.25, 0.3) is 0 Å². The van der Waals surface area contributed by atoms with Gasteiger partial charge in [0.1, 0.15) is 5.82 Å². The number of piperidine rings is 1. The lowest BCUT2D eigenvalue weighted by atomic mass is 9.90. The maximum absolute atomic E-state index is 12.6. The minimum absolute atomic E-state index is 0.285. The fraction of sp³-hybridized carbons (Fsp3) is 0.333. The van der Waals surface area contributed by atoms with Crippen LogP contribution in [0.2, 0.25) is 0 Å². The van der Waals surface area contributed by atoms with Crippen molar-refractivity contribution in [1.29, 1.82) is 0 Å². The van der Waals surface area contributed by atoms with Crippen LogP contribution in [-0.2, 0) is 17.6 Å². The smallest absolute Gasteiger partial charge is 0.222 e. The second-order valence-electron chi connectivity index (χ2n) is 7.65. The van der Waals surface area contributed by atoms with Gasteiger partial charge in [-0.3, -0.25) is 4.79 Å². The van der Waals surface area contributed by atoms with Gasteiger partial charge < -0.3 is 9.88 Å². The normalized spacial score (nSPS) is 14.9. The van der Waals surface area contributed by atoms with E-state index in [0.29, 0.717) is 12.3 Å². The van der Waals surface area contributed by atoms with Gasteiger partial charge in [0.05, 0.1) is 0 Å². The van der Waals surface area contributed by atoms with Gasteiger partial charge in [-0.1, -0.05) is 54.6 Å². The molecular formula is C24H27N3O. The van der Waals surface area contributed by atoms with Gasteiger partial charge >= 0.3 is 0 Å². The van der Waals surface area contributed by atoms with Crippen molar-refractivity contribution in [2.75, 3.05) is 13.1 Å². The van der Waals surface area contributed by atoms with Crippen LogP contribution in [0.3, 0.4) is 0 Å². The van der Waals surface area contributed by atoms with Crippen molar-refractivity contribution < 1.29 is 4.79 Å². The highest BCUT2D eigenvalue weighted by molar-refractivity contribution is 5.76. The fourth-order valence-electron chi connectivity index (χ4n) is 4.00. The molecule has 1 saturated heterocycles. The Hall–Kier alpha value is -2.88. The number of rotatable bonds is 6. The summed E-state index contributed by atoms with van der Waals surface area (Å²) in [5, 5.41) is 0. The van der Waals surface area contributed by atoms with Crippen LogP contribution in [0.4, 0.5) is 0 Å². The van der Waals surface area contributed by atoms with Crippen LogP contribution in [-0.4, -0.2) is 33.9 Å². The first-order valence-corrected chi connectivity index (χ1v) is 10.2. The molecule has 4 nitrogen and oxygen atoms in total. The molecule has 0 saturated carbocycles. The first-order chi connectivity index (χ1) is 13.8. The summed E-state index contributed by atoms with van der Waals surface area (Å²) in [6.07, 6.45) is 8.31. The van der Waals surface area contributed by atoms with Gasteiger partial charge in [0.2, 0.25) is 5.91 Å². The minimum Gasteiger partial charge on any atom is -0.345 e. The number of benzene rings is 2. The van der Waals surface area contributed by atoms with Crippen molar-refractivity contribution in [3.05, 3.63) is 78.1 Å². The molecule has 0 atom stereocenters. The summed E-state index contributed by atoms with van der Waals surface area (Å²) in [5.74, 6) is 1.86. The number of carbonyl (C=O) groups is 1. The number of hydrogen-bond donors (Lipinski definition) is 1. The van der Waals surface area contributed by atoms with Gasteiger partial charge in [-0.2, -0.15) is 0 Å². The summed E-state index contributed by atoms with van der Waals surface area (Å²) in [4.78, 5) is 22.0. The van der Waals surface area contributed by atoms with E-state index in [-0.39, 0.29) is 5.91 Å². The molecule has 4 heteroatoms. The number of likely N-dealkylation sites (tertiary alicyclic amines) is 1. The lowest BCUT2D eigenvalue weighted by Crippen LogP contribution is -2.39. The largest absolute Gasteiger partial charge is 0.345 e. The standard InChI is InChI=1S/C24H27N3O/c28-23(11-8-19-6-9-22(10-7-19)24-25-14-15-26-24)27-16-12-21(13-17-27)18-20-4-2-1-3-5-20/h1-7,9-10,14-15,21H,8,11-13,16-18H2,(H,25,26). The summed E-state index contributed by atoms with van der Waals surface area (Å²) in [5.41, 5.74) is 3.67. The zero-order chi connectivity index (χ0) is 19.2. The van der Waals surface area contributed by atoms with E-state index in [1.54, 1.807) is 6.20 Å². The average molecular weight is 374 g/mol. The quantitative estimate of drug-likeness (QED) is 0.692. The number of aromatic amines is 1. The molecule has 144 valence electrons. The molecule has 0 aliphatic carbocycles. The first kappa shape index (κ1) is 18.5. The molecule has 2 aromatic carbocycles. The van der Waals surface area contributed by atoms with E-state index in [1.807, 2.05) is 6.20 Å². The SMILES string of the molecule is O=C(CCc1ccc(-c2ncc[nH]2)cc1)N1CCC(Cc2ccccc2)CC1. The summed E-state index contributed by atoms with van der Waals surface area (Å²) in [6, 6.07) is 19.0. The molecule has 1 aliphatic rings. The Balaban J connectivity index is 1.22. The van der Waals surface area contributed by atoms with Crippen LogP contribution in [0.5, 0.6) is 0 Å². The molecule has 0 radical (unpaired) electrons. The van der Waals surface area contributed by atoms with E-state index in [9.17, 15) is 4.79 Å². The molecule has 1 fully saturated rings. The average Bonchev–Trinajstić information content (AvgIpc) is 3.29. The molecule has 1 N–H and O–H groups in total. The van der Waals surface area contributed by atoms with Gasteiger partial charge in [-0.15, -0.1) is 0 Å². The van der Waals surface area contributed by atoms with Crippen LogP contribution in [0.25, 0.3) is 11.4 Å². The highest BCUT2D eigenvalue weighted by atomic mass is 16.2. The van der Waals surface area contributed by atoms with Crippen molar-refractivity contribution >= 4 is 5.91 Å². The minimum atomic E-state index is 0.285. The molecule has 1 amide bonds. The third-order valence-corrected chi connectivity index (χ3v) is 5.69. The Morgan fingerprint density at radius 1 is 1.00 bits per heavy atom. The van der Waals surface area contributed by atoms with E-state index >= 15 is 0 Å². The van der Waals surface area contributed by atoms with E-state index in [0.717, 1.165) is 50.2 Å². The number of nitrogens with zero attached hydrogens (tertiary/aromatic N) is 2. The Bertz CT molecular complexity index is 864. The summed E-state index contributed by atoms with van der Waals surface area (Å²) < 4.78 is 0. The van der Waals surface area contributed by atoms with E-state index in [1.165, 1.54) is 11.1 Å². The monoisotopic (exact) mass is 373 g/mol. The van der Waals surface area contributed by atoms with Crippen LogP contribution in [0.1, 0.15) is 30.4 Å². The zero-order valence-corrected chi connectivity index (χ0v) is 16.2. The van der Waals surface area contributed by atoms with Crippen LogP contribution in [0, 0.1) is 5.92 Å². The predicted molar refractivity (Wildman–Crippen MR) is 112 cm³/mol. The summed E-state index contributed by atoms with van der Waals surface area (Å²) in [7, 11) is 0. The summed E-state index contributed by atoms with van der Waals surface area (Å²) >= 11 is 0. The first-order valence-electron chi connectivity index (χ1n) is 10.2. The van der Waals surface area contributed by atoms with E-state index in [2.05, 4.69) is 69.5 Å². The molecule has 0 bridgehead atoms. The summed E-state index contributed by atoms with van der Waals surface area (Å²) in [6.45, 7) is 1.79. The molecule has 4 rings (SSSR count). The molecule has 1 aromatic heterocycles. The highest BCUT2D eigenvalue weighted by Gasteiger charge is 2.22. The molecular weight excluding hydrogens is 346 g/mol. The van der Waals surface area contributed by atoms with E-state index in [4.69, 9.17) is 0 Å². The number of aromatic nitrogens is 2. The predicted octanol–water partition coefficient (Wildman–Crippen LogP) is 4.49. The Morgan fingerprint density at radius 3 is 2.43 bits per heavy atom. The maximum Gasteiger partial charge on any atom is 0.222 e. The molecule has 2 heterocycles. The third kappa shape index (κ3) is 4.69. The topological polar surface area (TPSA) is 49.0 Å². The van der Waals surface area contributed by atoms with Crippen molar-refractivity contribution in [2.45, 2.75) is 32.1 Å². The Morgan fingerprint density at radius 2 is 1.75 bits per heavy atom. The lowest BCUT2D eigenvalue weighted by molar-refractivity contribution is -0.132. The molecule has 3 aromatic rings. The number of hydrogen-bond acceptors (Lipinski definition) is 2. The van der Waals surface area contributed by atoms with Crippen molar-refractivity contribution in [3.63, 3.8) is 0 Å². The van der Waals surface area contributed by atoms with Gasteiger partial charge in [0, 0.05) is 37.5 Å². The van der Waals surface area contributed by atoms with Crippen molar-refractivity contribution in [3.8, 4) is 11.4 Å². The van der Waals surface area contributed by atoms with Gasteiger partial charge in [-0.05, 0) is 42.7 Å². The molecule has 0 unspecified atom stereocenters. The molecule has 0 spiro atoms. The highest BCUT2D eigenvalue weighted by Crippen LogP contribution is 2.22. The fourth-order valence-corrected chi connectivity index (χ4v) is 4.00. The third-order valence-electron chi connectivity index (χ3n) is 5.69. The zero-order valence-electron chi connectivity index (χ0n) is 16.2. The van der Waals surface area contributed by atoms with Crippen LogP contribution in [0.15, 0.2) is 67.0 Å². The number of H-pyrrole nitrogens is 1. The Labute approximate surface area is 166 Å². The van der Waals surface area contributed by atoms with Gasteiger partial charge in [-0.25, -0.2) is 4.98 Å². The maximum atomic E-state index is 12.6. The van der Waals surface area contributed by atoms with Crippen molar-refractivity contribution in [1.82, 2.24) is 14.9 Å². The number of carbonyl (C=O) groups excluding carboxylic acids is 1. The number of aryl methyl sites for hydroxylation is 1. The van der Waals surface area contributed by atoms with Crippen LogP contribution < -0.4 is 0 Å². The van der Waals surface area contributed by atoms with Gasteiger partial charge in [0.15, 0.2) is 0 Å². The second-order valence-corrected chi connectivity index (χ2v) is 7.65. The number of amides is 1. The second kappa shape index (κ2) is 8.87. The Kier molecular flexibility index (Phi) is 5.86. The van der Waals surface area contributed by atoms with E-state index < -0.39 is 0 Å². The molecule has 1 aliphatic heterocycles. The van der Waals surface area contributed by atoms with Crippen LogP contribution >= 0.6 is 0 Å². The number of nitrogens with one attached hydrogen (secondary N) is 1. The molecule has 28 heavy (non-hydrogen) atoms. The lowest BCUT2D eigenvalue weighted by Gasteiger charge is -2.32.